The average Bonchev–Trinajstić information content (AvgIpc) is 3.15. The fourth-order valence-electron chi connectivity index (χ4n) is 3.38. The summed E-state index contributed by atoms with van der Waals surface area (Å²) in [4.78, 5) is 4.67. The molecule has 0 atom stereocenters. The molecule has 1 aliphatic carbocycles. The molecule has 0 bridgehead atoms. The summed E-state index contributed by atoms with van der Waals surface area (Å²) in [7, 11) is 1.96. The van der Waals surface area contributed by atoms with E-state index in [1.54, 1.807) is 0 Å². The standard InChI is InChI=1S/C16H17ClN4/c1-10-15-16(20(2)19-10)21(14(9-17)18-15)13-7-6-11-4-3-5-12(11)8-13/h6-8H,3-5,9H2,1-2H3. The number of fused-ring (bicyclic) bond motifs is 2. The maximum absolute atomic E-state index is 6.12. The summed E-state index contributed by atoms with van der Waals surface area (Å²) in [6.45, 7) is 1.99. The number of aromatic nitrogens is 4. The Balaban J connectivity index is 2.00. The normalized spacial score (nSPS) is 14.0. The molecular formula is C16H17ClN4. The molecule has 21 heavy (non-hydrogen) atoms. The third-order valence-corrected chi connectivity index (χ3v) is 4.57. The monoisotopic (exact) mass is 300 g/mol. The van der Waals surface area contributed by atoms with Gasteiger partial charge in [-0.2, -0.15) is 5.10 Å². The fraction of sp³-hybridized carbons (Fsp3) is 0.375. The highest BCUT2D eigenvalue weighted by molar-refractivity contribution is 6.17. The SMILES string of the molecule is Cc1nn(C)c2c1nc(CCl)n2-c1ccc2c(c1)CCC2. The number of rotatable bonds is 2. The highest BCUT2D eigenvalue weighted by Crippen LogP contribution is 2.28. The number of hydrogen-bond donors (Lipinski definition) is 0. The van der Waals surface area contributed by atoms with E-state index < -0.39 is 0 Å². The maximum Gasteiger partial charge on any atom is 0.163 e. The molecule has 5 heteroatoms. The van der Waals surface area contributed by atoms with Gasteiger partial charge in [0.1, 0.15) is 11.3 Å². The lowest BCUT2D eigenvalue weighted by atomic mass is 10.1. The third kappa shape index (κ3) is 1.82. The summed E-state index contributed by atoms with van der Waals surface area (Å²) in [5.74, 6) is 1.27. The van der Waals surface area contributed by atoms with E-state index in [1.165, 1.54) is 30.4 Å². The molecule has 3 aromatic rings. The van der Waals surface area contributed by atoms with Crippen molar-refractivity contribution in [1.82, 2.24) is 19.3 Å². The van der Waals surface area contributed by atoms with Crippen LogP contribution >= 0.6 is 11.6 Å². The molecule has 0 saturated carbocycles. The molecule has 0 unspecified atom stereocenters. The topological polar surface area (TPSA) is 35.6 Å². The van der Waals surface area contributed by atoms with Crippen LogP contribution in [0.1, 0.15) is 29.1 Å². The number of halogens is 1. The van der Waals surface area contributed by atoms with Crippen LogP contribution in [-0.4, -0.2) is 19.3 Å². The van der Waals surface area contributed by atoms with Crippen LogP contribution < -0.4 is 0 Å². The van der Waals surface area contributed by atoms with E-state index in [1.807, 2.05) is 18.7 Å². The van der Waals surface area contributed by atoms with Gasteiger partial charge in [0.2, 0.25) is 0 Å². The number of imidazole rings is 1. The van der Waals surface area contributed by atoms with E-state index in [4.69, 9.17) is 11.6 Å². The van der Waals surface area contributed by atoms with E-state index in [0.717, 1.165) is 28.4 Å². The summed E-state index contributed by atoms with van der Waals surface area (Å²) in [6, 6.07) is 6.69. The first kappa shape index (κ1) is 12.9. The van der Waals surface area contributed by atoms with Gasteiger partial charge in [0.15, 0.2) is 5.65 Å². The first-order valence-corrected chi connectivity index (χ1v) is 7.81. The largest absolute Gasteiger partial charge is 0.280 e. The van der Waals surface area contributed by atoms with Crippen molar-refractivity contribution in [3.05, 3.63) is 40.8 Å². The molecule has 108 valence electrons. The van der Waals surface area contributed by atoms with Crippen LogP contribution in [0.15, 0.2) is 18.2 Å². The van der Waals surface area contributed by atoms with Crippen molar-refractivity contribution in [2.24, 2.45) is 7.05 Å². The Kier molecular flexibility index (Phi) is 2.82. The highest BCUT2D eigenvalue weighted by Gasteiger charge is 2.19. The van der Waals surface area contributed by atoms with Gasteiger partial charge in [-0.15, -0.1) is 11.6 Å². The minimum absolute atomic E-state index is 0.394. The van der Waals surface area contributed by atoms with Gasteiger partial charge in [0.05, 0.1) is 11.6 Å². The molecular weight excluding hydrogens is 284 g/mol. The Morgan fingerprint density at radius 3 is 2.86 bits per heavy atom. The van der Waals surface area contributed by atoms with Crippen LogP contribution in [0.4, 0.5) is 0 Å². The van der Waals surface area contributed by atoms with E-state index in [9.17, 15) is 0 Å². The summed E-state index contributed by atoms with van der Waals surface area (Å²) in [5.41, 5.74) is 6.96. The number of hydrogen-bond acceptors (Lipinski definition) is 2. The zero-order valence-electron chi connectivity index (χ0n) is 12.2. The first-order chi connectivity index (χ1) is 10.2. The lowest BCUT2D eigenvalue weighted by Crippen LogP contribution is -2.04. The second kappa shape index (κ2) is 4.60. The smallest absolute Gasteiger partial charge is 0.163 e. The maximum atomic E-state index is 6.12. The Hall–Kier alpha value is -1.81. The third-order valence-electron chi connectivity index (χ3n) is 4.33. The second-order valence-corrected chi connectivity index (χ2v) is 5.95. The van der Waals surface area contributed by atoms with Crippen molar-refractivity contribution in [2.75, 3.05) is 0 Å². The number of nitrogens with zero attached hydrogens (tertiary/aromatic N) is 4. The predicted octanol–water partition coefficient (Wildman–Crippen LogP) is 3.29. The van der Waals surface area contributed by atoms with Crippen LogP contribution in [0, 0.1) is 6.92 Å². The van der Waals surface area contributed by atoms with Gasteiger partial charge in [-0.3, -0.25) is 4.57 Å². The molecule has 0 aliphatic heterocycles. The van der Waals surface area contributed by atoms with Crippen molar-refractivity contribution in [3.8, 4) is 5.69 Å². The molecule has 0 fully saturated rings. The number of alkyl halides is 1. The second-order valence-electron chi connectivity index (χ2n) is 5.68. The minimum atomic E-state index is 0.394. The minimum Gasteiger partial charge on any atom is -0.280 e. The molecule has 0 saturated heterocycles. The van der Waals surface area contributed by atoms with Crippen LogP contribution in [0.5, 0.6) is 0 Å². The van der Waals surface area contributed by atoms with E-state index in [2.05, 4.69) is 32.8 Å². The van der Waals surface area contributed by atoms with Gasteiger partial charge in [-0.05, 0) is 49.4 Å². The van der Waals surface area contributed by atoms with Crippen molar-refractivity contribution < 1.29 is 0 Å². The summed E-state index contributed by atoms with van der Waals surface area (Å²) < 4.78 is 4.03. The molecule has 0 spiro atoms. The first-order valence-electron chi connectivity index (χ1n) is 7.28. The van der Waals surface area contributed by atoms with Gasteiger partial charge in [0, 0.05) is 12.7 Å². The molecule has 4 nitrogen and oxygen atoms in total. The molecule has 1 aliphatic rings. The van der Waals surface area contributed by atoms with Crippen molar-refractivity contribution in [1.29, 1.82) is 0 Å². The Morgan fingerprint density at radius 1 is 1.24 bits per heavy atom. The Morgan fingerprint density at radius 2 is 2.05 bits per heavy atom. The number of aryl methyl sites for hydroxylation is 4. The molecule has 0 amide bonds. The van der Waals surface area contributed by atoms with Gasteiger partial charge >= 0.3 is 0 Å². The lowest BCUT2D eigenvalue weighted by Gasteiger charge is -2.10. The van der Waals surface area contributed by atoms with Crippen LogP contribution in [-0.2, 0) is 25.8 Å². The quantitative estimate of drug-likeness (QED) is 0.681. The van der Waals surface area contributed by atoms with Gasteiger partial charge in [0.25, 0.3) is 0 Å². The van der Waals surface area contributed by atoms with Crippen molar-refractivity contribution >= 4 is 22.8 Å². The molecule has 0 radical (unpaired) electrons. The summed E-state index contributed by atoms with van der Waals surface area (Å²) in [5, 5.41) is 4.47. The average molecular weight is 301 g/mol. The van der Waals surface area contributed by atoms with Crippen molar-refractivity contribution in [2.45, 2.75) is 32.1 Å². The van der Waals surface area contributed by atoms with E-state index >= 15 is 0 Å². The lowest BCUT2D eigenvalue weighted by molar-refractivity contribution is 0.755. The number of benzene rings is 1. The molecule has 0 N–H and O–H groups in total. The predicted molar refractivity (Wildman–Crippen MR) is 84.2 cm³/mol. The molecule has 2 heterocycles. The Labute approximate surface area is 128 Å². The van der Waals surface area contributed by atoms with E-state index in [-0.39, 0.29) is 0 Å². The zero-order valence-corrected chi connectivity index (χ0v) is 13.0. The molecule has 4 rings (SSSR count). The van der Waals surface area contributed by atoms with Crippen LogP contribution in [0.3, 0.4) is 0 Å². The van der Waals surface area contributed by atoms with E-state index in [0.29, 0.717) is 5.88 Å². The summed E-state index contributed by atoms with van der Waals surface area (Å²) >= 11 is 6.12. The highest BCUT2D eigenvalue weighted by atomic mass is 35.5. The Bertz CT molecular complexity index is 844. The van der Waals surface area contributed by atoms with Gasteiger partial charge < -0.3 is 0 Å². The van der Waals surface area contributed by atoms with Crippen molar-refractivity contribution in [3.63, 3.8) is 0 Å². The molecule has 2 aromatic heterocycles. The fourth-order valence-corrected chi connectivity index (χ4v) is 3.56. The van der Waals surface area contributed by atoms with Gasteiger partial charge in [-0.25, -0.2) is 9.67 Å². The van der Waals surface area contributed by atoms with Crippen LogP contribution in [0.2, 0.25) is 0 Å². The zero-order chi connectivity index (χ0) is 14.6. The van der Waals surface area contributed by atoms with Gasteiger partial charge in [-0.1, -0.05) is 6.07 Å². The van der Waals surface area contributed by atoms with Crippen LogP contribution in [0.25, 0.3) is 16.9 Å². The summed E-state index contributed by atoms with van der Waals surface area (Å²) in [6.07, 6.45) is 3.62. The molecule has 1 aromatic carbocycles.